The Hall–Kier alpha value is -3.13. The lowest BCUT2D eigenvalue weighted by Crippen LogP contribution is -2.39. The van der Waals surface area contributed by atoms with Gasteiger partial charge in [0, 0.05) is 25.0 Å². The van der Waals surface area contributed by atoms with Gasteiger partial charge in [-0.15, -0.1) is 0 Å². The van der Waals surface area contributed by atoms with E-state index in [4.69, 9.17) is 9.72 Å². The molecule has 8 heteroatoms. The lowest BCUT2D eigenvalue weighted by molar-refractivity contribution is 0.0974. The van der Waals surface area contributed by atoms with Crippen LogP contribution in [0.2, 0.25) is 0 Å². The van der Waals surface area contributed by atoms with Gasteiger partial charge in [-0.2, -0.15) is 4.98 Å². The first-order valence-electron chi connectivity index (χ1n) is 10.7. The van der Waals surface area contributed by atoms with E-state index in [1.807, 2.05) is 49.4 Å². The molecule has 0 radical (unpaired) electrons. The summed E-state index contributed by atoms with van der Waals surface area (Å²) in [4.78, 5) is 31.3. The van der Waals surface area contributed by atoms with Crippen molar-refractivity contribution in [2.75, 3.05) is 6.61 Å². The third kappa shape index (κ3) is 3.05. The highest BCUT2D eigenvalue weighted by atomic mass is 16.5. The third-order valence-electron chi connectivity index (χ3n) is 6.50. The van der Waals surface area contributed by atoms with Crippen LogP contribution >= 0.6 is 0 Å². The van der Waals surface area contributed by atoms with Gasteiger partial charge in [0.1, 0.15) is 0 Å². The van der Waals surface area contributed by atoms with E-state index in [1.54, 1.807) is 7.05 Å². The fourth-order valence-corrected chi connectivity index (χ4v) is 4.54. The number of fused-ring (bicyclic) bond motifs is 3. The molecule has 0 aliphatic carbocycles. The maximum Gasteiger partial charge on any atom is 0.332 e. The molecule has 4 aromatic rings. The molecule has 0 unspecified atom stereocenters. The largest absolute Gasteiger partial charge is 0.376 e. The fourth-order valence-electron chi connectivity index (χ4n) is 4.54. The van der Waals surface area contributed by atoms with Crippen molar-refractivity contribution in [3.05, 3.63) is 67.6 Å². The van der Waals surface area contributed by atoms with Crippen molar-refractivity contribution < 1.29 is 4.74 Å². The lowest BCUT2D eigenvalue weighted by Gasteiger charge is -2.12. The Morgan fingerprint density at radius 2 is 1.81 bits per heavy atom. The van der Waals surface area contributed by atoms with Crippen molar-refractivity contribution in [2.45, 2.75) is 52.8 Å². The molecule has 31 heavy (non-hydrogen) atoms. The molecule has 0 saturated carbocycles. The minimum atomic E-state index is -0.362. The quantitative estimate of drug-likeness (QED) is 0.507. The van der Waals surface area contributed by atoms with E-state index in [0.29, 0.717) is 23.5 Å². The summed E-state index contributed by atoms with van der Waals surface area (Å²) < 4.78 is 12.6. The van der Waals surface area contributed by atoms with Gasteiger partial charge in [0.15, 0.2) is 11.2 Å². The zero-order chi connectivity index (χ0) is 21.9. The highest BCUT2D eigenvalue weighted by Crippen LogP contribution is 2.23. The Balaban J connectivity index is 1.73. The summed E-state index contributed by atoms with van der Waals surface area (Å²) in [6.45, 7) is 7.74. The van der Waals surface area contributed by atoms with Crippen LogP contribution in [0.1, 0.15) is 35.4 Å². The normalized spacial score (nSPS) is 16.7. The molecule has 0 bridgehead atoms. The van der Waals surface area contributed by atoms with Gasteiger partial charge >= 0.3 is 5.69 Å². The molecule has 1 fully saturated rings. The van der Waals surface area contributed by atoms with E-state index in [1.165, 1.54) is 9.13 Å². The Bertz CT molecular complexity index is 1410. The van der Waals surface area contributed by atoms with Crippen molar-refractivity contribution in [1.29, 1.82) is 0 Å². The second kappa shape index (κ2) is 7.23. The first-order chi connectivity index (χ1) is 14.9. The average Bonchev–Trinajstić information content (AvgIpc) is 3.46. The number of aromatic nitrogens is 5. The lowest BCUT2D eigenvalue weighted by atomic mass is 10.1. The van der Waals surface area contributed by atoms with Gasteiger partial charge in [-0.3, -0.25) is 18.3 Å². The number of benzene rings is 1. The molecule has 5 rings (SSSR count). The molecule has 0 N–H and O–H groups in total. The highest BCUT2D eigenvalue weighted by molar-refractivity contribution is 5.76. The molecule has 0 amide bonds. The smallest absolute Gasteiger partial charge is 0.332 e. The van der Waals surface area contributed by atoms with Crippen LogP contribution in [-0.4, -0.2) is 35.8 Å². The number of hydrogen-bond acceptors (Lipinski definition) is 4. The van der Waals surface area contributed by atoms with E-state index in [9.17, 15) is 9.59 Å². The maximum absolute atomic E-state index is 13.5. The minimum absolute atomic E-state index is 0.149. The standard InChI is InChI=1S/C23H27N5O3/c1-14-7-9-17(10-8-14)12-27-21(29)19-20(25(4)23(27)30)24-22-26(13-18-6-5-11-31-18)15(2)16(3)28(19)22/h7-10,18H,5-6,11-13H2,1-4H3/t18-/m1/s1. The van der Waals surface area contributed by atoms with Crippen molar-refractivity contribution in [3.63, 3.8) is 0 Å². The number of hydrogen-bond donors (Lipinski definition) is 0. The summed E-state index contributed by atoms with van der Waals surface area (Å²) in [5, 5.41) is 0. The van der Waals surface area contributed by atoms with Crippen LogP contribution in [0.15, 0.2) is 33.9 Å². The molecule has 1 aliphatic heterocycles. The second-order valence-electron chi connectivity index (χ2n) is 8.55. The molecule has 8 nitrogen and oxygen atoms in total. The highest BCUT2D eigenvalue weighted by Gasteiger charge is 2.25. The number of rotatable bonds is 4. The van der Waals surface area contributed by atoms with Crippen LogP contribution in [0.4, 0.5) is 0 Å². The molecule has 1 saturated heterocycles. The number of aryl methyl sites for hydroxylation is 3. The van der Waals surface area contributed by atoms with E-state index in [2.05, 4.69) is 4.57 Å². The van der Waals surface area contributed by atoms with Crippen LogP contribution in [0.25, 0.3) is 16.9 Å². The Kier molecular flexibility index (Phi) is 4.62. The molecule has 1 aromatic carbocycles. The van der Waals surface area contributed by atoms with Gasteiger partial charge in [-0.25, -0.2) is 4.79 Å². The fraction of sp³-hybridized carbons (Fsp3) is 0.435. The van der Waals surface area contributed by atoms with E-state index in [-0.39, 0.29) is 23.9 Å². The van der Waals surface area contributed by atoms with Crippen LogP contribution in [0, 0.1) is 20.8 Å². The predicted molar refractivity (Wildman–Crippen MR) is 119 cm³/mol. The summed E-state index contributed by atoms with van der Waals surface area (Å²) >= 11 is 0. The molecule has 0 spiro atoms. The number of imidazole rings is 2. The van der Waals surface area contributed by atoms with E-state index < -0.39 is 0 Å². The molecule has 1 atom stereocenters. The van der Waals surface area contributed by atoms with Gasteiger partial charge in [0.05, 0.1) is 19.2 Å². The monoisotopic (exact) mass is 421 g/mol. The number of nitrogens with zero attached hydrogens (tertiary/aromatic N) is 5. The summed E-state index contributed by atoms with van der Waals surface area (Å²) in [6.07, 6.45) is 2.23. The van der Waals surface area contributed by atoms with E-state index >= 15 is 0 Å². The van der Waals surface area contributed by atoms with Crippen LogP contribution in [-0.2, 0) is 24.9 Å². The van der Waals surface area contributed by atoms with Crippen molar-refractivity contribution in [2.24, 2.45) is 7.05 Å². The molecular formula is C23H27N5O3. The summed E-state index contributed by atoms with van der Waals surface area (Å²) in [5.74, 6) is 0.681. The minimum Gasteiger partial charge on any atom is -0.376 e. The molecule has 1 aliphatic rings. The van der Waals surface area contributed by atoms with Crippen molar-refractivity contribution in [1.82, 2.24) is 23.1 Å². The molecule has 3 aromatic heterocycles. The number of ether oxygens (including phenoxy) is 1. The van der Waals surface area contributed by atoms with Gasteiger partial charge in [-0.1, -0.05) is 29.8 Å². The van der Waals surface area contributed by atoms with Crippen LogP contribution in [0.3, 0.4) is 0 Å². The second-order valence-corrected chi connectivity index (χ2v) is 8.55. The van der Waals surface area contributed by atoms with Gasteiger partial charge in [0.25, 0.3) is 5.56 Å². The summed E-state index contributed by atoms with van der Waals surface area (Å²) in [6, 6.07) is 7.87. The van der Waals surface area contributed by atoms with Crippen molar-refractivity contribution >= 4 is 16.9 Å². The zero-order valence-corrected chi connectivity index (χ0v) is 18.4. The summed E-state index contributed by atoms with van der Waals surface area (Å²) in [5.41, 5.74) is 4.23. The SMILES string of the molecule is Cc1ccc(Cn2c(=O)c3c(nc4n(C[C@H]5CCCO5)c(C)c(C)n34)n(C)c2=O)cc1. The summed E-state index contributed by atoms with van der Waals surface area (Å²) in [7, 11) is 1.68. The van der Waals surface area contributed by atoms with E-state index in [0.717, 1.165) is 42.0 Å². The van der Waals surface area contributed by atoms with Gasteiger partial charge < -0.3 is 9.30 Å². The van der Waals surface area contributed by atoms with Gasteiger partial charge in [0.2, 0.25) is 5.78 Å². The topological polar surface area (TPSA) is 75.5 Å². The molecular weight excluding hydrogens is 394 g/mol. The van der Waals surface area contributed by atoms with Crippen LogP contribution in [0.5, 0.6) is 0 Å². The first kappa shape index (κ1) is 19.8. The Labute approximate surface area is 179 Å². The predicted octanol–water partition coefficient (Wildman–Crippen LogP) is 2.30. The zero-order valence-electron chi connectivity index (χ0n) is 18.4. The first-order valence-corrected chi connectivity index (χ1v) is 10.7. The van der Waals surface area contributed by atoms with Gasteiger partial charge in [-0.05, 0) is 39.2 Å². The molecule has 4 heterocycles. The average molecular weight is 422 g/mol. The molecule has 162 valence electrons. The van der Waals surface area contributed by atoms with Crippen molar-refractivity contribution in [3.8, 4) is 0 Å². The maximum atomic E-state index is 13.5. The Morgan fingerprint density at radius 3 is 2.48 bits per heavy atom. The Morgan fingerprint density at radius 1 is 1.06 bits per heavy atom. The van der Waals surface area contributed by atoms with Crippen LogP contribution < -0.4 is 11.2 Å². The third-order valence-corrected chi connectivity index (χ3v) is 6.50.